The van der Waals surface area contributed by atoms with Crippen molar-refractivity contribution in [3.8, 4) is 0 Å². The first-order valence-corrected chi connectivity index (χ1v) is 6.59. The Hall–Kier alpha value is -2.01. The van der Waals surface area contributed by atoms with Crippen molar-refractivity contribution in [2.24, 2.45) is 0 Å². The summed E-state index contributed by atoms with van der Waals surface area (Å²) in [6, 6.07) is 8.20. The minimum atomic E-state index is 0.130. The minimum Gasteiger partial charge on any atom is -0.359 e. The summed E-state index contributed by atoms with van der Waals surface area (Å²) >= 11 is 1.63. The molecule has 0 radical (unpaired) electrons. The maximum absolute atomic E-state index is 4.30. The Kier molecular flexibility index (Phi) is 2.90. The fraction of sp³-hybridized carbons (Fsp3) is 0.154. The summed E-state index contributed by atoms with van der Waals surface area (Å²) < 4.78 is 0. The molecule has 0 aliphatic carbocycles. The van der Waals surface area contributed by atoms with Crippen LogP contribution in [0.5, 0.6) is 0 Å². The summed E-state index contributed by atoms with van der Waals surface area (Å²) in [4.78, 5) is 4.30. The van der Waals surface area contributed by atoms with E-state index in [0.29, 0.717) is 0 Å². The molecule has 0 fully saturated rings. The Balaban J connectivity index is 1.95. The lowest BCUT2D eigenvalue weighted by Gasteiger charge is -2.12. The minimum absolute atomic E-state index is 0.130. The molecule has 5 heteroatoms. The van der Waals surface area contributed by atoms with Gasteiger partial charge < -0.3 is 5.32 Å². The van der Waals surface area contributed by atoms with Crippen molar-refractivity contribution in [3.63, 3.8) is 0 Å². The Morgan fingerprint density at radius 2 is 2.17 bits per heavy atom. The standard InChI is InChI=1S/C13H12N4S/c1-9(13-14-6-7-18-13)16-12-11-5-3-2-4-10(11)8-15-17-12/h2-9H,1H3,(H,16,17). The highest BCUT2D eigenvalue weighted by molar-refractivity contribution is 7.09. The van der Waals surface area contributed by atoms with Crippen LogP contribution in [0.15, 0.2) is 42.0 Å². The highest BCUT2D eigenvalue weighted by Crippen LogP contribution is 2.24. The highest BCUT2D eigenvalue weighted by Gasteiger charge is 2.10. The van der Waals surface area contributed by atoms with Gasteiger partial charge in [0, 0.05) is 22.3 Å². The van der Waals surface area contributed by atoms with Crippen LogP contribution in [0.25, 0.3) is 10.8 Å². The normalized spacial score (nSPS) is 12.5. The van der Waals surface area contributed by atoms with Crippen LogP contribution in [0.4, 0.5) is 5.82 Å². The molecule has 4 nitrogen and oxygen atoms in total. The third-order valence-corrected chi connectivity index (χ3v) is 3.70. The van der Waals surface area contributed by atoms with Crippen molar-refractivity contribution in [2.45, 2.75) is 13.0 Å². The lowest BCUT2D eigenvalue weighted by molar-refractivity contribution is 0.853. The van der Waals surface area contributed by atoms with Gasteiger partial charge in [0.1, 0.15) is 5.01 Å². The molecule has 2 heterocycles. The Labute approximate surface area is 109 Å². The number of thiazole rings is 1. The van der Waals surface area contributed by atoms with Crippen molar-refractivity contribution in [1.82, 2.24) is 15.2 Å². The lowest BCUT2D eigenvalue weighted by Crippen LogP contribution is -2.08. The molecule has 0 aliphatic heterocycles. The van der Waals surface area contributed by atoms with E-state index in [1.165, 1.54) is 0 Å². The molecular weight excluding hydrogens is 244 g/mol. The van der Waals surface area contributed by atoms with Crippen LogP contribution >= 0.6 is 11.3 Å². The second kappa shape index (κ2) is 4.70. The van der Waals surface area contributed by atoms with Crippen molar-refractivity contribution >= 4 is 27.9 Å². The van der Waals surface area contributed by atoms with Crippen LogP contribution in [-0.2, 0) is 0 Å². The summed E-state index contributed by atoms with van der Waals surface area (Å²) in [5.41, 5.74) is 0. The van der Waals surface area contributed by atoms with Gasteiger partial charge in [-0.1, -0.05) is 24.3 Å². The molecule has 0 spiro atoms. The van der Waals surface area contributed by atoms with E-state index >= 15 is 0 Å². The third kappa shape index (κ3) is 2.04. The Morgan fingerprint density at radius 3 is 3.00 bits per heavy atom. The summed E-state index contributed by atoms with van der Waals surface area (Å²) in [6.07, 6.45) is 3.58. The van der Waals surface area contributed by atoms with E-state index in [1.54, 1.807) is 17.5 Å². The summed E-state index contributed by atoms with van der Waals surface area (Å²) in [5.74, 6) is 0.802. The van der Waals surface area contributed by atoms with E-state index in [1.807, 2.05) is 35.8 Å². The van der Waals surface area contributed by atoms with Crippen LogP contribution in [-0.4, -0.2) is 15.2 Å². The summed E-state index contributed by atoms with van der Waals surface area (Å²) in [7, 11) is 0. The van der Waals surface area contributed by atoms with Gasteiger partial charge in [0.25, 0.3) is 0 Å². The number of benzene rings is 1. The predicted molar refractivity (Wildman–Crippen MR) is 73.7 cm³/mol. The molecule has 0 saturated heterocycles. The number of nitrogens with one attached hydrogen (secondary N) is 1. The second-order valence-electron chi connectivity index (χ2n) is 4.02. The van der Waals surface area contributed by atoms with Gasteiger partial charge in [-0.2, -0.15) is 5.10 Å². The van der Waals surface area contributed by atoms with Crippen LogP contribution < -0.4 is 5.32 Å². The number of hydrogen-bond acceptors (Lipinski definition) is 5. The van der Waals surface area contributed by atoms with Gasteiger partial charge >= 0.3 is 0 Å². The lowest BCUT2D eigenvalue weighted by atomic mass is 10.2. The first-order valence-electron chi connectivity index (χ1n) is 5.71. The number of aromatic nitrogens is 3. The fourth-order valence-corrected chi connectivity index (χ4v) is 2.50. The molecule has 0 aliphatic rings. The smallest absolute Gasteiger partial charge is 0.157 e. The number of anilines is 1. The van der Waals surface area contributed by atoms with Gasteiger partial charge in [-0.05, 0) is 6.92 Å². The van der Waals surface area contributed by atoms with Crippen molar-refractivity contribution in [2.75, 3.05) is 5.32 Å². The molecule has 90 valence electrons. The van der Waals surface area contributed by atoms with Gasteiger partial charge in [-0.15, -0.1) is 16.4 Å². The average Bonchev–Trinajstić information content (AvgIpc) is 2.93. The van der Waals surface area contributed by atoms with Crippen molar-refractivity contribution in [3.05, 3.63) is 47.0 Å². The molecule has 1 N–H and O–H groups in total. The van der Waals surface area contributed by atoms with Gasteiger partial charge in [0.2, 0.25) is 0 Å². The SMILES string of the molecule is CC(Nc1nncc2ccccc12)c1nccs1. The third-order valence-electron chi connectivity index (χ3n) is 2.75. The van der Waals surface area contributed by atoms with Gasteiger partial charge in [-0.25, -0.2) is 4.98 Å². The zero-order valence-corrected chi connectivity index (χ0v) is 10.7. The zero-order valence-electron chi connectivity index (χ0n) is 9.87. The first-order chi connectivity index (χ1) is 8.84. The molecule has 2 aromatic heterocycles. The van der Waals surface area contributed by atoms with Crippen LogP contribution in [0.2, 0.25) is 0 Å². The zero-order chi connectivity index (χ0) is 12.4. The topological polar surface area (TPSA) is 50.7 Å². The molecule has 3 rings (SSSR count). The van der Waals surface area contributed by atoms with Crippen LogP contribution in [0.1, 0.15) is 18.0 Å². The van der Waals surface area contributed by atoms with E-state index in [9.17, 15) is 0 Å². The number of hydrogen-bond donors (Lipinski definition) is 1. The van der Waals surface area contributed by atoms with Crippen molar-refractivity contribution < 1.29 is 0 Å². The molecule has 18 heavy (non-hydrogen) atoms. The Bertz CT molecular complexity index is 646. The molecule has 0 bridgehead atoms. The van der Waals surface area contributed by atoms with E-state index in [2.05, 4.69) is 27.4 Å². The molecule has 1 unspecified atom stereocenters. The molecule has 1 atom stereocenters. The van der Waals surface area contributed by atoms with Gasteiger partial charge in [-0.3, -0.25) is 0 Å². The second-order valence-corrected chi connectivity index (χ2v) is 4.94. The molecule has 0 amide bonds. The maximum atomic E-state index is 4.30. The number of fused-ring (bicyclic) bond motifs is 1. The number of rotatable bonds is 3. The fourth-order valence-electron chi connectivity index (χ4n) is 1.85. The van der Waals surface area contributed by atoms with Crippen LogP contribution in [0.3, 0.4) is 0 Å². The van der Waals surface area contributed by atoms with Gasteiger partial charge in [0.15, 0.2) is 5.82 Å². The number of nitrogens with zero attached hydrogens (tertiary/aromatic N) is 3. The molecule has 0 saturated carbocycles. The molecule has 1 aromatic carbocycles. The maximum Gasteiger partial charge on any atom is 0.157 e. The van der Waals surface area contributed by atoms with E-state index in [-0.39, 0.29) is 6.04 Å². The summed E-state index contributed by atoms with van der Waals surface area (Å²) in [6.45, 7) is 2.07. The van der Waals surface area contributed by atoms with E-state index in [4.69, 9.17) is 0 Å². The van der Waals surface area contributed by atoms with Gasteiger partial charge in [0.05, 0.1) is 12.2 Å². The molecular formula is C13H12N4S. The van der Waals surface area contributed by atoms with E-state index < -0.39 is 0 Å². The Morgan fingerprint density at radius 1 is 1.28 bits per heavy atom. The largest absolute Gasteiger partial charge is 0.359 e. The molecule has 3 aromatic rings. The van der Waals surface area contributed by atoms with Crippen molar-refractivity contribution in [1.29, 1.82) is 0 Å². The monoisotopic (exact) mass is 256 g/mol. The van der Waals surface area contributed by atoms with E-state index in [0.717, 1.165) is 21.6 Å². The predicted octanol–water partition coefficient (Wildman–Crippen LogP) is 3.26. The first kappa shape index (κ1) is 11.1. The quantitative estimate of drug-likeness (QED) is 0.781. The average molecular weight is 256 g/mol. The van der Waals surface area contributed by atoms with Crippen LogP contribution in [0, 0.1) is 0 Å². The summed E-state index contributed by atoms with van der Waals surface area (Å²) in [5, 5.41) is 16.7. The highest BCUT2D eigenvalue weighted by atomic mass is 32.1.